The minimum atomic E-state index is -0.987. The van der Waals surface area contributed by atoms with Crippen LogP contribution in [-0.4, -0.2) is 20.5 Å². The van der Waals surface area contributed by atoms with Crippen molar-refractivity contribution in [2.45, 2.75) is 20.4 Å². The third kappa shape index (κ3) is 2.65. The predicted octanol–water partition coefficient (Wildman–Crippen LogP) is 3.26. The number of hydrogen-bond donors (Lipinski definition) is 2. The summed E-state index contributed by atoms with van der Waals surface area (Å²) in [5, 5.41) is 12.5. The summed E-state index contributed by atoms with van der Waals surface area (Å²) in [4.78, 5) is 15.2. The molecule has 5 nitrogen and oxygen atoms in total. The average molecular weight is 295 g/mol. The Morgan fingerprint density at radius 2 is 2.05 bits per heavy atom. The molecule has 2 heterocycles. The van der Waals surface area contributed by atoms with E-state index >= 15 is 0 Å². The van der Waals surface area contributed by atoms with E-state index in [1.807, 2.05) is 6.07 Å². The Hall–Kier alpha value is -2.82. The molecule has 0 spiro atoms. The van der Waals surface area contributed by atoms with Gasteiger partial charge in [0.25, 0.3) is 0 Å². The molecule has 5 heteroatoms. The fraction of sp³-hybridized carbons (Fsp3) is 0.176. The van der Waals surface area contributed by atoms with Crippen molar-refractivity contribution in [1.29, 1.82) is 0 Å². The van der Waals surface area contributed by atoms with Crippen LogP contribution in [0.5, 0.6) is 0 Å². The van der Waals surface area contributed by atoms with Crippen molar-refractivity contribution in [2.75, 3.05) is 5.32 Å². The van der Waals surface area contributed by atoms with Crippen LogP contribution in [0.2, 0.25) is 0 Å². The standard InChI is InChI=1S/C17H17N3O2/c1-11-3-4-13(7-12(11)2)8-18-14-5-6-16-19-9-15(17(21)22)20(16)10-14/h3-7,9-10,18H,8H2,1-2H3,(H,21,22). The van der Waals surface area contributed by atoms with E-state index in [4.69, 9.17) is 5.11 Å². The number of hydrogen-bond acceptors (Lipinski definition) is 3. The van der Waals surface area contributed by atoms with E-state index in [-0.39, 0.29) is 5.69 Å². The van der Waals surface area contributed by atoms with Crippen molar-refractivity contribution in [1.82, 2.24) is 9.38 Å². The Labute approximate surface area is 128 Å². The largest absolute Gasteiger partial charge is 0.477 e. The molecule has 0 aliphatic carbocycles. The summed E-state index contributed by atoms with van der Waals surface area (Å²) in [6, 6.07) is 10.0. The van der Waals surface area contributed by atoms with E-state index in [1.165, 1.54) is 22.9 Å². The molecule has 3 aromatic rings. The number of fused-ring (bicyclic) bond motifs is 1. The Kier molecular flexibility index (Phi) is 3.55. The number of carbonyl (C=O) groups is 1. The van der Waals surface area contributed by atoms with E-state index in [0.717, 1.165) is 5.69 Å². The highest BCUT2D eigenvalue weighted by Gasteiger charge is 2.10. The third-order valence-corrected chi connectivity index (χ3v) is 3.79. The van der Waals surface area contributed by atoms with Gasteiger partial charge in [-0.15, -0.1) is 0 Å². The van der Waals surface area contributed by atoms with Gasteiger partial charge < -0.3 is 10.4 Å². The molecule has 0 radical (unpaired) electrons. The number of carboxylic acids is 1. The summed E-state index contributed by atoms with van der Waals surface area (Å²) in [6.45, 7) is 4.87. The number of imidazole rings is 1. The number of aryl methyl sites for hydroxylation is 2. The number of aromatic nitrogens is 2. The topological polar surface area (TPSA) is 66.6 Å². The highest BCUT2D eigenvalue weighted by molar-refractivity contribution is 5.86. The van der Waals surface area contributed by atoms with Crippen molar-refractivity contribution in [3.63, 3.8) is 0 Å². The normalized spacial score (nSPS) is 10.8. The van der Waals surface area contributed by atoms with Crippen molar-refractivity contribution in [2.24, 2.45) is 0 Å². The molecule has 112 valence electrons. The molecule has 0 saturated carbocycles. The molecular weight excluding hydrogens is 278 g/mol. The van der Waals surface area contributed by atoms with Crippen LogP contribution < -0.4 is 5.32 Å². The second-order valence-electron chi connectivity index (χ2n) is 5.37. The van der Waals surface area contributed by atoms with Crippen LogP contribution in [0.1, 0.15) is 27.2 Å². The van der Waals surface area contributed by atoms with E-state index in [2.05, 4.69) is 42.3 Å². The number of rotatable bonds is 4. The lowest BCUT2D eigenvalue weighted by atomic mass is 10.1. The van der Waals surface area contributed by atoms with Crippen LogP contribution in [0.3, 0.4) is 0 Å². The maximum Gasteiger partial charge on any atom is 0.354 e. The van der Waals surface area contributed by atoms with Crippen molar-refractivity contribution >= 4 is 17.3 Å². The van der Waals surface area contributed by atoms with Crippen LogP contribution >= 0.6 is 0 Å². The highest BCUT2D eigenvalue weighted by atomic mass is 16.4. The second kappa shape index (κ2) is 5.52. The Morgan fingerprint density at radius 3 is 2.77 bits per heavy atom. The van der Waals surface area contributed by atoms with Gasteiger partial charge in [-0.25, -0.2) is 9.78 Å². The van der Waals surface area contributed by atoms with Crippen molar-refractivity contribution in [3.8, 4) is 0 Å². The Bertz CT molecular complexity index is 852. The summed E-state index contributed by atoms with van der Waals surface area (Å²) >= 11 is 0. The summed E-state index contributed by atoms with van der Waals surface area (Å²) in [5.74, 6) is -0.987. The van der Waals surface area contributed by atoms with E-state index in [1.54, 1.807) is 16.7 Å². The number of aromatic carboxylic acids is 1. The number of anilines is 1. The molecule has 0 amide bonds. The molecule has 0 fully saturated rings. The monoisotopic (exact) mass is 295 g/mol. The first-order valence-corrected chi connectivity index (χ1v) is 7.05. The van der Waals surface area contributed by atoms with Crippen LogP contribution in [0.15, 0.2) is 42.7 Å². The van der Waals surface area contributed by atoms with Gasteiger partial charge in [0.15, 0.2) is 5.69 Å². The van der Waals surface area contributed by atoms with Gasteiger partial charge >= 0.3 is 5.97 Å². The molecule has 2 N–H and O–H groups in total. The summed E-state index contributed by atoms with van der Waals surface area (Å²) < 4.78 is 1.57. The van der Waals surface area contributed by atoms with Gasteiger partial charge in [0.05, 0.1) is 11.9 Å². The SMILES string of the molecule is Cc1ccc(CNc2ccc3ncc(C(=O)O)n3c2)cc1C. The first kappa shape index (κ1) is 14.1. The van der Waals surface area contributed by atoms with Gasteiger partial charge in [0, 0.05) is 12.7 Å². The number of benzene rings is 1. The molecule has 0 unspecified atom stereocenters. The minimum absolute atomic E-state index is 0.157. The number of pyridine rings is 1. The molecule has 1 aromatic carbocycles. The average Bonchev–Trinajstić information content (AvgIpc) is 2.91. The van der Waals surface area contributed by atoms with Crippen molar-refractivity contribution in [3.05, 3.63) is 65.1 Å². The molecule has 0 bridgehead atoms. The maximum absolute atomic E-state index is 11.2. The lowest BCUT2D eigenvalue weighted by molar-refractivity contribution is 0.0689. The van der Waals surface area contributed by atoms with E-state index in [0.29, 0.717) is 12.2 Å². The Balaban J connectivity index is 1.83. The molecule has 22 heavy (non-hydrogen) atoms. The highest BCUT2D eigenvalue weighted by Crippen LogP contribution is 2.15. The first-order valence-electron chi connectivity index (χ1n) is 7.05. The first-order chi connectivity index (χ1) is 10.5. The fourth-order valence-corrected chi connectivity index (χ4v) is 2.36. The smallest absolute Gasteiger partial charge is 0.354 e. The van der Waals surface area contributed by atoms with Gasteiger partial charge in [0.1, 0.15) is 5.65 Å². The van der Waals surface area contributed by atoms with Gasteiger partial charge in [-0.2, -0.15) is 0 Å². The molecule has 2 aromatic heterocycles. The maximum atomic E-state index is 11.2. The zero-order valence-electron chi connectivity index (χ0n) is 12.5. The zero-order chi connectivity index (χ0) is 15.7. The number of nitrogens with one attached hydrogen (secondary N) is 1. The van der Waals surface area contributed by atoms with Crippen LogP contribution in [0.4, 0.5) is 5.69 Å². The van der Waals surface area contributed by atoms with E-state index in [9.17, 15) is 4.79 Å². The second-order valence-corrected chi connectivity index (χ2v) is 5.37. The zero-order valence-corrected chi connectivity index (χ0v) is 12.5. The summed E-state index contributed by atoms with van der Waals surface area (Å²) in [5.41, 5.74) is 5.35. The van der Waals surface area contributed by atoms with Crippen LogP contribution in [-0.2, 0) is 6.54 Å². The van der Waals surface area contributed by atoms with Crippen LogP contribution in [0.25, 0.3) is 5.65 Å². The predicted molar refractivity (Wildman–Crippen MR) is 85.4 cm³/mol. The van der Waals surface area contributed by atoms with Crippen LogP contribution in [0, 0.1) is 13.8 Å². The molecule has 3 rings (SSSR count). The van der Waals surface area contributed by atoms with Crippen molar-refractivity contribution < 1.29 is 9.90 Å². The molecule has 0 saturated heterocycles. The fourth-order valence-electron chi connectivity index (χ4n) is 2.36. The Morgan fingerprint density at radius 1 is 1.23 bits per heavy atom. The van der Waals surface area contributed by atoms with E-state index < -0.39 is 5.97 Å². The minimum Gasteiger partial charge on any atom is -0.477 e. The lowest BCUT2D eigenvalue weighted by Crippen LogP contribution is -2.04. The summed E-state index contributed by atoms with van der Waals surface area (Å²) in [6.07, 6.45) is 3.12. The number of carboxylic acid groups (broad SMARTS) is 1. The molecule has 0 atom stereocenters. The quantitative estimate of drug-likeness (QED) is 0.775. The van der Waals surface area contributed by atoms with Gasteiger partial charge in [-0.1, -0.05) is 18.2 Å². The lowest BCUT2D eigenvalue weighted by Gasteiger charge is -2.09. The molecule has 0 aliphatic heterocycles. The van der Waals surface area contributed by atoms with Gasteiger partial charge in [-0.05, 0) is 42.7 Å². The van der Waals surface area contributed by atoms with Gasteiger partial charge in [-0.3, -0.25) is 4.40 Å². The van der Waals surface area contributed by atoms with Gasteiger partial charge in [0.2, 0.25) is 0 Å². The molecular formula is C17H17N3O2. The molecule has 0 aliphatic rings. The third-order valence-electron chi connectivity index (χ3n) is 3.79. The summed E-state index contributed by atoms with van der Waals surface area (Å²) in [7, 11) is 0. The number of nitrogens with zero attached hydrogens (tertiary/aromatic N) is 2.